The van der Waals surface area contributed by atoms with Crippen molar-refractivity contribution < 1.29 is 31.5 Å². The summed E-state index contributed by atoms with van der Waals surface area (Å²) in [5, 5.41) is 5.26. The van der Waals surface area contributed by atoms with Crippen LogP contribution in [0, 0.1) is 17.6 Å². The average molecular weight is 433 g/mol. The summed E-state index contributed by atoms with van der Waals surface area (Å²) >= 11 is 6.07. The Morgan fingerprint density at radius 2 is 1.86 bits per heavy atom. The van der Waals surface area contributed by atoms with Crippen LogP contribution in [-0.2, 0) is 11.0 Å². The molecule has 1 saturated heterocycles. The number of carbonyl (C=O) groups excluding carboxylic acids is 2. The lowest BCUT2D eigenvalue weighted by atomic mass is 9.93. The first-order valence-electron chi connectivity index (χ1n) is 8.45. The van der Waals surface area contributed by atoms with Crippen LogP contribution < -0.4 is 10.6 Å². The Labute approximate surface area is 167 Å². The third-order valence-electron chi connectivity index (χ3n) is 4.54. The predicted molar refractivity (Wildman–Crippen MR) is 94.1 cm³/mol. The fraction of sp³-hybridized carbons (Fsp3) is 0.263. The van der Waals surface area contributed by atoms with Gasteiger partial charge >= 0.3 is 6.18 Å². The molecule has 2 amide bonds. The van der Waals surface area contributed by atoms with Crippen LogP contribution in [0.25, 0.3) is 0 Å². The minimum Gasteiger partial charge on any atom is -0.352 e. The van der Waals surface area contributed by atoms with Crippen LogP contribution in [-0.4, -0.2) is 18.4 Å². The van der Waals surface area contributed by atoms with E-state index in [1.165, 1.54) is 6.07 Å². The maximum absolute atomic E-state index is 13.6. The summed E-state index contributed by atoms with van der Waals surface area (Å²) < 4.78 is 65.5. The zero-order chi connectivity index (χ0) is 21.3. The van der Waals surface area contributed by atoms with Crippen LogP contribution in [0.15, 0.2) is 36.4 Å². The van der Waals surface area contributed by atoms with Crippen LogP contribution in [0.1, 0.15) is 33.9 Å². The molecule has 2 aromatic carbocycles. The van der Waals surface area contributed by atoms with Gasteiger partial charge in [0.2, 0.25) is 5.91 Å². The molecule has 2 atom stereocenters. The summed E-state index contributed by atoms with van der Waals surface area (Å²) in [5.41, 5.74) is -1.47. The van der Waals surface area contributed by atoms with E-state index in [1.54, 1.807) is 0 Å². The van der Waals surface area contributed by atoms with E-state index in [4.69, 9.17) is 11.6 Å². The van der Waals surface area contributed by atoms with E-state index < -0.39 is 46.8 Å². The minimum absolute atomic E-state index is 0.00522. The number of benzene rings is 2. The molecule has 3 rings (SSSR count). The van der Waals surface area contributed by atoms with Crippen molar-refractivity contribution in [1.29, 1.82) is 0 Å². The Kier molecular flexibility index (Phi) is 5.79. The van der Waals surface area contributed by atoms with Crippen molar-refractivity contribution in [3.05, 3.63) is 69.7 Å². The van der Waals surface area contributed by atoms with Gasteiger partial charge in [0.1, 0.15) is 11.6 Å². The molecule has 154 valence electrons. The van der Waals surface area contributed by atoms with E-state index in [0.717, 1.165) is 12.1 Å². The molecular weight excluding hydrogens is 419 g/mol. The van der Waals surface area contributed by atoms with Crippen molar-refractivity contribution in [3.63, 3.8) is 0 Å². The minimum atomic E-state index is -4.81. The number of hydrogen-bond donors (Lipinski definition) is 2. The van der Waals surface area contributed by atoms with Crippen molar-refractivity contribution in [2.45, 2.75) is 18.6 Å². The van der Waals surface area contributed by atoms with E-state index in [9.17, 15) is 31.5 Å². The van der Waals surface area contributed by atoms with Crippen LogP contribution in [0.5, 0.6) is 0 Å². The molecule has 1 fully saturated rings. The fourth-order valence-corrected chi connectivity index (χ4v) is 3.43. The molecule has 1 aliphatic rings. The van der Waals surface area contributed by atoms with Crippen LogP contribution in [0.4, 0.5) is 22.0 Å². The summed E-state index contributed by atoms with van der Waals surface area (Å²) in [6.07, 6.45) is -4.81. The van der Waals surface area contributed by atoms with Gasteiger partial charge in [0.05, 0.1) is 11.6 Å². The van der Waals surface area contributed by atoms with E-state index >= 15 is 0 Å². The molecule has 4 nitrogen and oxygen atoms in total. The third kappa shape index (κ3) is 4.84. The van der Waals surface area contributed by atoms with Gasteiger partial charge in [-0.15, -0.1) is 0 Å². The van der Waals surface area contributed by atoms with E-state index in [0.29, 0.717) is 17.7 Å². The molecule has 0 spiro atoms. The SMILES string of the molecule is O=C1C[C@@H](CNC(=O)c2cc(F)cc(C(F)(F)F)c2)[C@H](c2cc(F)ccc2Cl)N1. The van der Waals surface area contributed by atoms with Gasteiger partial charge in [0, 0.05) is 29.5 Å². The molecular formula is C19H14ClF5N2O2. The van der Waals surface area contributed by atoms with Gasteiger partial charge in [0.15, 0.2) is 0 Å². The largest absolute Gasteiger partial charge is 0.416 e. The maximum atomic E-state index is 13.6. The molecule has 0 aromatic heterocycles. The first-order chi connectivity index (χ1) is 13.5. The van der Waals surface area contributed by atoms with Gasteiger partial charge in [-0.2, -0.15) is 13.2 Å². The number of amides is 2. The first-order valence-corrected chi connectivity index (χ1v) is 8.82. The van der Waals surface area contributed by atoms with E-state index in [-0.39, 0.29) is 30.0 Å². The number of carbonyl (C=O) groups is 2. The van der Waals surface area contributed by atoms with Gasteiger partial charge in [-0.3, -0.25) is 9.59 Å². The molecule has 1 heterocycles. The summed E-state index contributed by atoms with van der Waals surface area (Å²) in [7, 11) is 0. The molecule has 1 aliphatic heterocycles. The van der Waals surface area contributed by atoms with Crippen molar-refractivity contribution in [2.24, 2.45) is 5.92 Å². The summed E-state index contributed by atoms with van der Waals surface area (Å²) in [4.78, 5) is 24.1. The van der Waals surface area contributed by atoms with Crippen LogP contribution in [0.3, 0.4) is 0 Å². The summed E-state index contributed by atoms with van der Waals surface area (Å²) in [6, 6.07) is 4.47. The standard InChI is InChI=1S/C19H14ClF5N2O2/c20-15-2-1-12(21)7-14(15)17-10(5-16(28)27-17)8-26-18(29)9-3-11(19(23,24)25)6-13(22)4-9/h1-4,6-7,10,17H,5,8H2,(H,26,29)(H,27,28)/t10-,17+/m0/s1. The highest BCUT2D eigenvalue weighted by molar-refractivity contribution is 6.31. The second-order valence-electron chi connectivity index (χ2n) is 6.61. The monoisotopic (exact) mass is 432 g/mol. The second-order valence-corrected chi connectivity index (χ2v) is 7.02. The Morgan fingerprint density at radius 1 is 1.14 bits per heavy atom. The molecule has 2 N–H and O–H groups in total. The highest BCUT2D eigenvalue weighted by Crippen LogP contribution is 2.34. The zero-order valence-corrected chi connectivity index (χ0v) is 15.4. The Bertz CT molecular complexity index is 964. The molecule has 10 heteroatoms. The molecule has 0 radical (unpaired) electrons. The molecule has 0 bridgehead atoms. The smallest absolute Gasteiger partial charge is 0.352 e. The Balaban J connectivity index is 1.76. The predicted octanol–water partition coefficient (Wildman–Crippen LogP) is 4.24. The molecule has 0 saturated carbocycles. The van der Waals surface area contributed by atoms with E-state index in [2.05, 4.69) is 10.6 Å². The molecule has 29 heavy (non-hydrogen) atoms. The lowest BCUT2D eigenvalue weighted by Crippen LogP contribution is -2.32. The van der Waals surface area contributed by atoms with E-state index in [1.807, 2.05) is 0 Å². The van der Waals surface area contributed by atoms with Gasteiger partial charge in [0.25, 0.3) is 5.91 Å². The van der Waals surface area contributed by atoms with Crippen molar-refractivity contribution in [3.8, 4) is 0 Å². The van der Waals surface area contributed by atoms with Crippen LogP contribution >= 0.6 is 11.6 Å². The second kappa shape index (κ2) is 7.98. The van der Waals surface area contributed by atoms with Crippen molar-refractivity contribution in [2.75, 3.05) is 6.54 Å². The summed E-state index contributed by atoms with van der Waals surface area (Å²) in [5.74, 6) is -3.57. The quantitative estimate of drug-likeness (QED) is 0.710. The van der Waals surface area contributed by atoms with Gasteiger partial charge < -0.3 is 10.6 Å². The van der Waals surface area contributed by atoms with Crippen molar-refractivity contribution >= 4 is 23.4 Å². The first kappa shape index (κ1) is 21.0. The van der Waals surface area contributed by atoms with Gasteiger partial charge in [-0.1, -0.05) is 11.6 Å². The third-order valence-corrected chi connectivity index (χ3v) is 4.88. The lowest BCUT2D eigenvalue weighted by molar-refractivity contribution is -0.137. The van der Waals surface area contributed by atoms with Crippen LogP contribution in [0.2, 0.25) is 5.02 Å². The zero-order valence-electron chi connectivity index (χ0n) is 14.6. The van der Waals surface area contributed by atoms with Gasteiger partial charge in [-0.05, 0) is 42.0 Å². The highest BCUT2D eigenvalue weighted by atomic mass is 35.5. The number of hydrogen-bond acceptors (Lipinski definition) is 2. The normalized spacial score (nSPS) is 19.2. The maximum Gasteiger partial charge on any atom is 0.416 e. The number of nitrogens with one attached hydrogen (secondary N) is 2. The molecule has 2 aromatic rings. The fourth-order valence-electron chi connectivity index (χ4n) is 3.19. The number of alkyl halides is 3. The average Bonchev–Trinajstić information content (AvgIpc) is 3.01. The molecule has 0 unspecified atom stereocenters. The Morgan fingerprint density at radius 3 is 2.55 bits per heavy atom. The number of rotatable bonds is 4. The summed E-state index contributed by atoms with van der Waals surface area (Å²) in [6.45, 7) is -0.118. The molecule has 0 aliphatic carbocycles. The Hall–Kier alpha value is -2.68. The van der Waals surface area contributed by atoms with Crippen molar-refractivity contribution in [1.82, 2.24) is 10.6 Å². The topological polar surface area (TPSA) is 58.2 Å². The lowest BCUT2D eigenvalue weighted by Gasteiger charge is -2.21. The highest BCUT2D eigenvalue weighted by Gasteiger charge is 2.35. The van der Waals surface area contributed by atoms with Gasteiger partial charge in [-0.25, -0.2) is 8.78 Å². The number of halogens is 6.